The third kappa shape index (κ3) is 4.86. The number of nitrogens with one attached hydrogen (secondary N) is 1. The number of hydrogen-bond donors (Lipinski definition) is 2. The first-order valence-corrected chi connectivity index (χ1v) is 12.0. The van der Waals surface area contributed by atoms with Crippen molar-refractivity contribution >= 4 is 17.2 Å². The van der Waals surface area contributed by atoms with Crippen molar-refractivity contribution in [3.63, 3.8) is 0 Å². The number of fused-ring (bicyclic) bond motifs is 1. The highest BCUT2D eigenvalue weighted by Crippen LogP contribution is 2.39. The Morgan fingerprint density at radius 1 is 1.24 bits per heavy atom. The maximum absolute atomic E-state index is 13.8. The molecule has 0 aliphatic carbocycles. The number of hydrogen-bond acceptors (Lipinski definition) is 7. The van der Waals surface area contributed by atoms with Crippen LogP contribution in [0.2, 0.25) is 0 Å². The zero-order chi connectivity index (χ0) is 26.9. The molecule has 198 valence electrons. The Morgan fingerprint density at radius 3 is 2.76 bits per heavy atom. The topological polar surface area (TPSA) is 117 Å². The van der Waals surface area contributed by atoms with E-state index in [9.17, 15) is 18.0 Å². The highest BCUT2D eigenvalue weighted by atomic mass is 19.4. The van der Waals surface area contributed by atoms with Gasteiger partial charge in [-0.05, 0) is 30.5 Å². The predicted octanol–water partition coefficient (Wildman–Crippen LogP) is 4.30. The quantitative estimate of drug-likeness (QED) is 0.385. The fourth-order valence-corrected chi connectivity index (χ4v) is 4.79. The highest BCUT2D eigenvalue weighted by Gasteiger charge is 2.37. The molecule has 1 aromatic carbocycles. The average molecular weight is 527 g/mol. The monoisotopic (exact) mass is 526 g/mol. The van der Waals surface area contributed by atoms with Gasteiger partial charge in [0.25, 0.3) is 5.91 Å². The largest absolute Gasteiger partial charge is 0.480 e. The number of aromatic nitrogens is 4. The lowest BCUT2D eigenvalue weighted by atomic mass is 9.89. The number of amides is 1. The van der Waals surface area contributed by atoms with Crippen LogP contribution in [-0.2, 0) is 10.9 Å². The molecule has 9 nitrogen and oxygen atoms in total. The number of benzene rings is 1. The lowest BCUT2D eigenvalue weighted by molar-refractivity contribution is -0.136. The summed E-state index contributed by atoms with van der Waals surface area (Å²) < 4.78 is 53.6. The molecule has 5 rings (SSSR count). The molecular formula is C26H25F3N6O3. The van der Waals surface area contributed by atoms with E-state index in [-0.39, 0.29) is 46.1 Å². The van der Waals surface area contributed by atoms with Crippen LogP contribution >= 0.6 is 0 Å². The first kappa shape index (κ1) is 25.5. The number of pyridine rings is 1. The molecule has 4 heterocycles. The number of ether oxygens (including phenoxy) is 2. The van der Waals surface area contributed by atoms with Crippen molar-refractivity contribution in [1.82, 2.24) is 24.9 Å². The van der Waals surface area contributed by atoms with E-state index in [0.29, 0.717) is 13.2 Å². The van der Waals surface area contributed by atoms with E-state index in [4.69, 9.17) is 15.2 Å². The van der Waals surface area contributed by atoms with Gasteiger partial charge in [-0.25, -0.2) is 14.5 Å². The molecule has 0 spiro atoms. The van der Waals surface area contributed by atoms with Gasteiger partial charge in [0.2, 0.25) is 5.88 Å². The normalized spacial score (nSPS) is 17.9. The molecule has 2 unspecified atom stereocenters. The molecule has 3 N–H and O–H groups in total. The van der Waals surface area contributed by atoms with Crippen LogP contribution in [0.5, 0.6) is 5.88 Å². The van der Waals surface area contributed by atoms with E-state index in [1.165, 1.54) is 19.4 Å². The first-order valence-electron chi connectivity index (χ1n) is 12.0. The molecule has 1 aliphatic heterocycles. The third-order valence-electron chi connectivity index (χ3n) is 6.57. The van der Waals surface area contributed by atoms with E-state index >= 15 is 0 Å². The fourth-order valence-electron chi connectivity index (χ4n) is 4.79. The number of nitrogens with two attached hydrogens (primary N) is 1. The molecule has 1 aliphatic rings. The molecule has 4 aromatic rings. The number of carbonyl (C=O) groups excluding carboxylic acids is 1. The minimum Gasteiger partial charge on any atom is -0.480 e. The summed E-state index contributed by atoms with van der Waals surface area (Å²) in [6.07, 6.45) is -0.734. The highest BCUT2D eigenvalue weighted by molar-refractivity contribution is 5.97. The second-order valence-electron chi connectivity index (χ2n) is 8.94. The molecule has 0 radical (unpaired) electrons. The van der Waals surface area contributed by atoms with Gasteiger partial charge < -0.3 is 20.5 Å². The van der Waals surface area contributed by atoms with Crippen LogP contribution in [-0.4, -0.2) is 45.8 Å². The minimum absolute atomic E-state index is 0.0387. The number of anilines is 1. The Kier molecular flexibility index (Phi) is 6.89. The molecule has 1 saturated heterocycles. The minimum atomic E-state index is -4.69. The van der Waals surface area contributed by atoms with Gasteiger partial charge in [-0.3, -0.25) is 4.79 Å². The third-order valence-corrected chi connectivity index (χ3v) is 6.57. The molecule has 2 atom stereocenters. The Morgan fingerprint density at radius 2 is 2.03 bits per heavy atom. The van der Waals surface area contributed by atoms with Gasteiger partial charge in [-0.15, -0.1) is 0 Å². The number of rotatable bonds is 6. The van der Waals surface area contributed by atoms with Crippen molar-refractivity contribution in [3.8, 4) is 17.1 Å². The molecule has 38 heavy (non-hydrogen) atoms. The standard InChI is InChI=1S/C26H25F3N6O3/c1-37-25-18(24(36)31-12-16-8-5-9-38-22(16)15-6-3-2-4-7-15)10-17(13-32-25)20-11-19(26(27,28)29)21-23(30)33-14-34-35(20)21/h2-4,6-7,10-11,13-14,16,22H,5,8-9,12H2,1H3,(H,31,36)(H2,30,33,34). The number of halogens is 3. The molecule has 1 amide bonds. The molecule has 12 heteroatoms. The fraction of sp³-hybridized carbons (Fsp3) is 0.308. The summed E-state index contributed by atoms with van der Waals surface area (Å²) in [5, 5.41) is 6.88. The number of nitrogen functional groups attached to an aromatic ring is 1. The summed E-state index contributed by atoms with van der Waals surface area (Å²) in [6.45, 7) is 0.977. The second-order valence-corrected chi connectivity index (χ2v) is 8.94. The molecule has 1 fully saturated rings. The van der Waals surface area contributed by atoms with Gasteiger partial charge in [0.15, 0.2) is 5.82 Å². The first-order chi connectivity index (χ1) is 18.3. The van der Waals surface area contributed by atoms with Gasteiger partial charge in [-0.1, -0.05) is 30.3 Å². The predicted molar refractivity (Wildman–Crippen MR) is 132 cm³/mol. The molecular weight excluding hydrogens is 501 g/mol. The SMILES string of the molecule is COc1ncc(-c2cc(C(F)(F)F)c3c(N)ncnn23)cc1C(=O)NCC1CCCOC1c1ccccc1. The summed E-state index contributed by atoms with van der Waals surface area (Å²) in [5.74, 6) is -0.710. The maximum atomic E-state index is 13.8. The number of alkyl halides is 3. The average Bonchev–Trinajstić information content (AvgIpc) is 3.34. The zero-order valence-electron chi connectivity index (χ0n) is 20.4. The molecule has 3 aromatic heterocycles. The van der Waals surface area contributed by atoms with Gasteiger partial charge >= 0.3 is 6.18 Å². The number of carbonyl (C=O) groups is 1. The Labute approximate surface area is 215 Å². The van der Waals surface area contributed by atoms with Gasteiger partial charge in [0, 0.05) is 30.8 Å². The summed E-state index contributed by atoms with van der Waals surface area (Å²) in [4.78, 5) is 21.1. The summed E-state index contributed by atoms with van der Waals surface area (Å²) in [6, 6.07) is 12.1. The Bertz CT molecular complexity index is 1460. The van der Waals surface area contributed by atoms with Crippen molar-refractivity contribution in [2.24, 2.45) is 5.92 Å². The smallest absolute Gasteiger partial charge is 0.418 e. The van der Waals surface area contributed by atoms with Gasteiger partial charge in [0.05, 0.1) is 24.5 Å². The second kappa shape index (κ2) is 10.3. The Balaban J connectivity index is 1.45. The van der Waals surface area contributed by atoms with Crippen molar-refractivity contribution < 1.29 is 27.4 Å². The van der Waals surface area contributed by atoms with E-state index < -0.39 is 17.6 Å². The van der Waals surface area contributed by atoms with Crippen LogP contribution < -0.4 is 15.8 Å². The lowest BCUT2D eigenvalue weighted by Gasteiger charge is -2.32. The van der Waals surface area contributed by atoms with Crippen LogP contribution in [0.1, 0.15) is 40.4 Å². The lowest BCUT2D eigenvalue weighted by Crippen LogP contribution is -2.35. The molecule has 0 saturated carbocycles. The number of methoxy groups -OCH3 is 1. The van der Waals surface area contributed by atoms with Crippen molar-refractivity contribution in [2.45, 2.75) is 25.1 Å². The Hall–Kier alpha value is -4.19. The molecule has 0 bridgehead atoms. The van der Waals surface area contributed by atoms with Crippen LogP contribution in [0.25, 0.3) is 16.8 Å². The summed E-state index contributed by atoms with van der Waals surface area (Å²) >= 11 is 0. The summed E-state index contributed by atoms with van der Waals surface area (Å²) in [5.41, 5.74) is 5.77. The van der Waals surface area contributed by atoms with E-state index in [1.54, 1.807) is 0 Å². The van der Waals surface area contributed by atoms with E-state index in [0.717, 1.165) is 35.3 Å². The van der Waals surface area contributed by atoms with Gasteiger partial charge in [0.1, 0.15) is 17.4 Å². The van der Waals surface area contributed by atoms with Crippen molar-refractivity contribution in [1.29, 1.82) is 0 Å². The van der Waals surface area contributed by atoms with Crippen LogP contribution in [0.15, 0.2) is 55.0 Å². The number of nitrogens with zero attached hydrogens (tertiary/aromatic N) is 4. The zero-order valence-corrected chi connectivity index (χ0v) is 20.4. The van der Waals surface area contributed by atoms with Crippen LogP contribution in [0, 0.1) is 5.92 Å². The summed E-state index contributed by atoms with van der Waals surface area (Å²) in [7, 11) is 1.36. The van der Waals surface area contributed by atoms with Crippen molar-refractivity contribution in [3.05, 3.63) is 71.7 Å². The van der Waals surface area contributed by atoms with E-state index in [1.807, 2.05) is 30.3 Å². The van der Waals surface area contributed by atoms with Crippen molar-refractivity contribution in [2.75, 3.05) is 26.0 Å². The van der Waals surface area contributed by atoms with Crippen LogP contribution in [0.3, 0.4) is 0 Å². The van der Waals surface area contributed by atoms with E-state index in [2.05, 4.69) is 20.4 Å². The van der Waals surface area contributed by atoms with Crippen LogP contribution in [0.4, 0.5) is 19.0 Å². The maximum Gasteiger partial charge on any atom is 0.418 e. The van der Waals surface area contributed by atoms with Gasteiger partial charge in [-0.2, -0.15) is 18.3 Å².